The van der Waals surface area contributed by atoms with Gasteiger partial charge in [0.2, 0.25) is 5.88 Å². The molecule has 0 fully saturated rings. The van der Waals surface area contributed by atoms with Gasteiger partial charge in [0.05, 0.1) is 22.2 Å². The van der Waals surface area contributed by atoms with E-state index >= 15 is 0 Å². The molecule has 0 saturated carbocycles. The minimum absolute atomic E-state index is 0.00285. The molecule has 0 aliphatic carbocycles. The van der Waals surface area contributed by atoms with Gasteiger partial charge in [0.15, 0.2) is 0 Å². The van der Waals surface area contributed by atoms with Crippen molar-refractivity contribution in [3.63, 3.8) is 0 Å². The second-order valence-corrected chi connectivity index (χ2v) is 4.29. The van der Waals surface area contributed by atoms with Gasteiger partial charge < -0.3 is 9.64 Å². The predicted octanol–water partition coefficient (Wildman–Crippen LogP) is 1.48. The zero-order chi connectivity index (χ0) is 13.8. The van der Waals surface area contributed by atoms with Gasteiger partial charge in [0.25, 0.3) is 5.69 Å². The van der Waals surface area contributed by atoms with Crippen LogP contribution in [0, 0.1) is 10.1 Å². The van der Waals surface area contributed by atoms with Crippen molar-refractivity contribution < 1.29 is 9.66 Å². The van der Waals surface area contributed by atoms with Crippen LogP contribution in [0.2, 0.25) is 0 Å². The van der Waals surface area contributed by atoms with E-state index < -0.39 is 4.92 Å². The Balaban J connectivity index is 2.17. The number of hydrogen-bond donors (Lipinski definition) is 0. The molecule has 7 heteroatoms. The molecule has 0 spiro atoms. The zero-order valence-electron chi connectivity index (χ0n) is 10.7. The molecule has 7 nitrogen and oxygen atoms in total. The SMILES string of the molecule is CN(C)CCOc1cnc2cc([N+](=O)[O-])ccc2n1. The highest BCUT2D eigenvalue weighted by molar-refractivity contribution is 5.77. The van der Waals surface area contributed by atoms with Crippen LogP contribution in [-0.2, 0) is 0 Å². The van der Waals surface area contributed by atoms with Crippen LogP contribution in [-0.4, -0.2) is 47.0 Å². The number of nitro benzene ring substituents is 1. The number of hydrogen-bond acceptors (Lipinski definition) is 6. The Morgan fingerprint density at radius 1 is 1.37 bits per heavy atom. The summed E-state index contributed by atoms with van der Waals surface area (Å²) in [4.78, 5) is 20.5. The van der Waals surface area contributed by atoms with Gasteiger partial charge in [-0.3, -0.25) is 10.1 Å². The summed E-state index contributed by atoms with van der Waals surface area (Å²) in [6.07, 6.45) is 1.47. The molecule has 0 N–H and O–H groups in total. The quantitative estimate of drug-likeness (QED) is 0.599. The monoisotopic (exact) mass is 262 g/mol. The molecular weight excluding hydrogens is 248 g/mol. The Hall–Kier alpha value is -2.28. The normalized spacial score (nSPS) is 10.9. The number of fused-ring (bicyclic) bond motifs is 1. The number of ether oxygens (including phenoxy) is 1. The lowest BCUT2D eigenvalue weighted by atomic mass is 10.2. The molecule has 0 atom stereocenters. The highest BCUT2D eigenvalue weighted by Gasteiger charge is 2.08. The van der Waals surface area contributed by atoms with Crippen molar-refractivity contribution in [3.05, 3.63) is 34.5 Å². The van der Waals surface area contributed by atoms with Crippen LogP contribution >= 0.6 is 0 Å². The third kappa shape index (κ3) is 3.35. The second-order valence-electron chi connectivity index (χ2n) is 4.29. The highest BCUT2D eigenvalue weighted by Crippen LogP contribution is 2.19. The molecule has 0 radical (unpaired) electrons. The van der Waals surface area contributed by atoms with Gasteiger partial charge in [-0.15, -0.1) is 0 Å². The molecule has 100 valence electrons. The Kier molecular flexibility index (Phi) is 3.86. The van der Waals surface area contributed by atoms with Gasteiger partial charge in [0, 0.05) is 18.7 Å². The second kappa shape index (κ2) is 5.57. The maximum atomic E-state index is 10.6. The number of aromatic nitrogens is 2. The van der Waals surface area contributed by atoms with E-state index in [0.717, 1.165) is 6.54 Å². The first-order valence-corrected chi connectivity index (χ1v) is 5.75. The molecule has 1 aromatic heterocycles. The van der Waals surface area contributed by atoms with Gasteiger partial charge in [-0.1, -0.05) is 0 Å². The average Bonchev–Trinajstić information content (AvgIpc) is 2.37. The van der Waals surface area contributed by atoms with Gasteiger partial charge >= 0.3 is 0 Å². The molecule has 0 aliphatic heterocycles. The van der Waals surface area contributed by atoms with Crippen LogP contribution in [0.4, 0.5) is 5.69 Å². The summed E-state index contributed by atoms with van der Waals surface area (Å²) in [6, 6.07) is 4.37. The van der Waals surface area contributed by atoms with E-state index in [-0.39, 0.29) is 5.69 Å². The molecule has 0 saturated heterocycles. The number of benzene rings is 1. The minimum atomic E-state index is -0.456. The Morgan fingerprint density at radius 3 is 2.84 bits per heavy atom. The molecule has 1 heterocycles. The molecule has 0 amide bonds. The number of rotatable bonds is 5. The molecule has 0 unspecified atom stereocenters. The Labute approximate surface area is 110 Å². The van der Waals surface area contributed by atoms with Crippen molar-refractivity contribution in [2.24, 2.45) is 0 Å². The van der Waals surface area contributed by atoms with Crippen molar-refractivity contribution in [2.45, 2.75) is 0 Å². The number of nitrogens with zero attached hydrogens (tertiary/aromatic N) is 4. The fourth-order valence-corrected chi connectivity index (χ4v) is 1.50. The van der Waals surface area contributed by atoms with E-state index in [1.54, 1.807) is 6.07 Å². The Bertz CT molecular complexity index is 601. The zero-order valence-corrected chi connectivity index (χ0v) is 10.7. The first-order chi connectivity index (χ1) is 9.06. The van der Waals surface area contributed by atoms with Crippen LogP contribution in [0.3, 0.4) is 0 Å². The molecule has 2 rings (SSSR count). The molecule has 0 aliphatic rings. The van der Waals surface area contributed by atoms with Crippen molar-refractivity contribution in [2.75, 3.05) is 27.2 Å². The van der Waals surface area contributed by atoms with E-state index in [2.05, 4.69) is 9.97 Å². The van der Waals surface area contributed by atoms with Crippen molar-refractivity contribution >= 4 is 16.7 Å². The number of non-ortho nitro benzene ring substituents is 1. The highest BCUT2D eigenvalue weighted by atomic mass is 16.6. The van der Waals surface area contributed by atoms with E-state index in [9.17, 15) is 10.1 Å². The Morgan fingerprint density at radius 2 is 2.16 bits per heavy atom. The number of nitro groups is 1. The lowest BCUT2D eigenvalue weighted by Gasteiger charge is -2.10. The average molecular weight is 262 g/mol. The smallest absolute Gasteiger partial charge is 0.271 e. The summed E-state index contributed by atoms with van der Waals surface area (Å²) < 4.78 is 5.45. The van der Waals surface area contributed by atoms with Crippen LogP contribution in [0.25, 0.3) is 11.0 Å². The summed E-state index contributed by atoms with van der Waals surface area (Å²) in [5.74, 6) is 0.420. The van der Waals surface area contributed by atoms with Crippen LogP contribution in [0.15, 0.2) is 24.4 Å². The van der Waals surface area contributed by atoms with Crippen molar-refractivity contribution in [1.82, 2.24) is 14.9 Å². The van der Waals surface area contributed by atoms with E-state index in [0.29, 0.717) is 23.5 Å². The lowest BCUT2D eigenvalue weighted by molar-refractivity contribution is -0.384. The van der Waals surface area contributed by atoms with Crippen LogP contribution in [0.1, 0.15) is 0 Å². The van der Waals surface area contributed by atoms with Gasteiger partial charge in [-0.2, -0.15) is 0 Å². The fourth-order valence-electron chi connectivity index (χ4n) is 1.50. The largest absolute Gasteiger partial charge is 0.475 e. The van der Waals surface area contributed by atoms with Crippen molar-refractivity contribution in [3.8, 4) is 5.88 Å². The minimum Gasteiger partial charge on any atom is -0.475 e. The van der Waals surface area contributed by atoms with Gasteiger partial charge in [0.1, 0.15) is 6.61 Å². The summed E-state index contributed by atoms with van der Waals surface area (Å²) in [5.41, 5.74) is 1.06. The van der Waals surface area contributed by atoms with Gasteiger partial charge in [-0.25, -0.2) is 9.97 Å². The summed E-state index contributed by atoms with van der Waals surface area (Å²) in [5, 5.41) is 10.6. The molecule has 19 heavy (non-hydrogen) atoms. The maximum absolute atomic E-state index is 10.6. The van der Waals surface area contributed by atoms with Crippen LogP contribution < -0.4 is 4.74 Å². The first-order valence-electron chi connectivity index (χ1n) is 5.75. The standard InChI is InChI=1S/C12H14N4O3/c1-15(2)5-6-19-12-8-13-11-7-9(16(17)18)3-4-10(11)14-12/h3-4,7-8H,5-6H2,1-2H3. The molecule has 1 aromatic carbocycles. The third-order valence-electron chi connectivity index (χ3n) is 2.50. The molecular formula is C12H14N4O3. The lowest BCUT2D eigenvalue weighted by Crippen LogP contribution is -2.19. The van der Waals surface area contributed by atoms with E-state index in [4.69, 9.17) is 4.74 Å². The third-order valence-corrected chi connectivity index (χ3v) is 2.50. The summed E-state index contributed by atoms with van der Waals surface area (Å²) in [7, 11) is 3.91. The summed E-state index contributed by atoms with van der Waals surface area (Å²) >= 11 is 0. The molecule has 2 aromatic rings. The van der Waals surface area contributed by atoms with Gasteiger partial charge in [-0.05, 0) is 20.2 Å². The summed E-state index contributed by atoms with van der Waals surface area (Å²) in [6.45, 7) is 1.29. The molecule has 0 bridgehead atoms. The topological polar surface area (TPSA) is 81.4 Å². The van der Waals surface area contributed by atoms with Crippen molar-refractivity contribution in [1.29, 1.82) is 0 Å². The van der Waals surface area contributed by atoms with E-state index in [1.165, 1.54) is 18.3 Å². The maximum Gasteiger partial charge on any atom is 0.271 e. The van der Waals surface area contributed by atoms with Crippen LogP contribution in [0.5, 0.6) is 5.88 Å². The predicted molar refractivity (Wildman–Crippen MR) is 70.2 cm³/mol. The van der Waals surface area contributed by atoms with E-state index in [1.807, 2.05) is 19.0 Å². The first kappa shape index (κ1) is 13.2. The number of likely N-dealkylation sites (N-methyl/N-ethyl adjacent to an activating group) is 1. The fraction of sp³-hybridized carbons (Fsp3) is 0.333.